The van der Waals surface area contributed by atoms with Gasteiger partial charge < -0.3 is 11.1 Å². The molecule has 0 unspecified atom stereocenters. The van der Waals surface area contributed by atoms with Crippen LogP contribution in [0.4, 0.5) is 5.69 Å². The summed E-state index contributed by atoms with van der Waals surface area (Å²) in [6, 6.07) is 3.91. The standard InChI is InChI=1S/C15H19Br2N3O2/c1-9-6-11(16)14(12(17)7-9)19-13(21)8-20-4-2-10(3-5-20)15(18)22/h6-7,10H,2-5,8H2,1H3,(H2,18,22)(H,19,21). The highest BCUT2D eigenvalue weighted by atomic mass is 79.9. The van der Waals surface area contributed by atoms with Crippen molar-refractivity contribution in [2.75, 3.05) is 25.0 Å². The topological polar surface area (TPSA) is 75.4 Å². The summed E-state index contributed by atoms with van der Waals surface area (Å²) in [6.45, 7) is 3.75. The average molecular weight is 433 g/mol. The van der Waals surface area contributed by atoms with Crippen LogP contribution in [0.5, 0.6) is 0 Å². The Kier molecular flexibility index (Phi) is 6.00. The fraction of sp³-hybridized carbons (Fsp3) is 0.467. The number of hydrogen-bond acceptors (Lipinski definition) is 3. The van der Waals surface area contributed by atoms with Gasteiger partial charge in [0.05, 0.1) is 12.2 Å². The van der Waals surface area contributed by atoms with E-state index >= 15 is 0 Å². The molecule has 1 aromatic rings. The number of hydrogen-bond donors (Lipinski definition) is 2. The van der Waals surface area contributed by atoms with Gasteiger partial charge in [-0.25, -0.2) is 0 Å². The smallest absolute Gasteiger partial charge is 0.238 e. The Balaban J connectivity index is 1.90. The van der Waals surface area contributed by atoms with Crippen LogP contribution in [0.15, 0.2) is 21.1 Å². The minimum Gasteiger partial charge on any atom is -0.369 e. The van der Waals surface area contributed by atoms with Crippen LogP contribution >= 0.6 is 31.9 Å². The number of likely N-dealkylation sites (tertiary alicyclic amines) is 1. The van der Waals surface area contributed by atoms with Gasteiger partial charge in [0, 0.05) is 14.9 Å². The number of aryl methyl sites for hydroxylation is 1. The second-order valence-electron chi connectivity index (χ2n) is 5.60. The van der Waals surface area contributed by atoms with E-state index in [0.29, 0.717) is 6.54 Å². The summed E-state index contributed by atoms with van der Waals surface area (Å²) in [5, 5.41) is 2.92. The molecule has 1 aliphatic heterocycles. The SMILES string of the molecule is Cc1cc(Br)c(NC(=O)CN2CCC(C(N)=O)CC2)c(Br)c1. The van der Waals surface area contributed by atoms with Gasteiger partial charge in [0.1, 0.15) is 0 Å². The van der Waals surface area contributed by atoms with E-state index in [0.717, 1.165) is 46.1 Å². The summed E-state index contributed by atoms with van der Waals surface area (Å²) in [5.41, 5.74) is 7.16. The molecule has 2 rings (SSSR count). The summed E-state index contributed by atoms with van der Waals surface area (Å²) < 4.78 is 1.69. The highest BCUT2D eigenvalue weighted by Crippen LogP contribution is 2.32. The van der Waals surface area contributed by atoms with Crippen LogP contribution in [0.2, 0.25) is 0 Å². The molecule has 5 nitrogen and oxygen atoms in total. The first-order valence-electron chi connectivity index (χ1n) is 7.14. The monoisotopic (exact) mass is 431 g/mol. The number of primary amides is 1. The van der Waals surface area contributed by atoms with E-state index in [2.05, 4.69) is 37.2 Å². The maximum Gasteiger partial charge on any atom is 0.238 e. The van der Waals surface area contributed by atoms with Crippen LogP contribution in [0.1, 0.15) is 18.4 Å². The molecule has 1 fully saturated rings. The van der Waals surface area contributed by atoms with Crippen molar-refractivity contribution < 1.29 is 9.59 Å². The number of carbonyl (C=O) groups excluding carboxylic acids is 2. The van der Waals surface area contributed by atoms with Crippen LogP contribution in [-0.4, -0.2) is 36.3 Å². The Morgan fingerprint density at radius 1 is 1.27 bits per heavy atom. The van der Waals surface area contributed by atoms with Crippen molar-refractivity contribution in [1.82, 2.24) is 4.90 Å². The lowest BCUT2D eigenvalue weighted by atomic mass is 9.96. The van der Waals surface area contributed by atoms with E-state index in [1.165, 1.54) is 0 Å². The zero-order chi connectivity index (χ0) is 16.3. The third-order valence-corrected chi connectivity index (χ3v) is 5.06. The third-order valence-electron chi connectivity index (χ3n) is 3.81. The molecule has 0 saturated carbocycles. The first kappa shape index (κ1) is 17.4. The Bertz CT molecular complexity index is 561. The van der Waals surface area contributed by atoms with Crippen molar-refractivity contribution in [2.45, 2.75) is 19.8 Å². The van der Waals surface area contributed by atoms with E-state index in [9.17, 15) is 9.59 Å². The average Bonchev–Trinajstić information content (AvgIpc) is 2.43. The van der Waals surface area contributed by atoms with Gasteiger partial charge in [0.2, 0.25) is 11.8 Å². The lowest BCUT2D eigenvalue weighted by Crippen LogP contribution is -2.42. The molecule has 1 aliphatic rings. The molecule has 2 amide bonds. The zero-order valence-electron chi connectivity index (χ0n) is 12.4. The van der Waals surface area contributed by atoms with E-state index in [4.69, 9.17) is 5.73 Å². The molecule has 3 N–H and O–H groups in total. The third kappa shape index (κ3) is 4.54. The number of carbonyl (C=O) groups is 2. The Labute approximate surface area is 146 Å². The minimum absolute atomic E-state index is 0.0558. The van der Waals surface area contributed by atoms with Gasteiger partial charge in [-0.3, -0.25) is 14.5 Å². The quantitative estimate of drug-likeness (QED) is 0.767. The number of halogens is 2. The van der Waals surface area contributed by atoms with Crippen molar-refractivity contribution in [3.8, 4) is 0 Å². The van der Waals surface area contributed by atoms with Crippen molar-refractivity contribution in [3.63, 3.8) is 0 Å². The van der Waals surface area contributed by atoms with Gasteiger partial charge in [0.25, 0.3) is 0 Å². The largest absolute Gasteiger partial charge is 0.369 e. The molecule has 0 aromatic heterocycles. The maximum absolute atomic E-state index is 12.2. The number of amides is 2. The van der Waals surface area contributed by atoms with E-state index < -0.39 is 0 Å². The minimum atomic E-state index is -0.239. The molecule has 120 valence electrons. The van der Waals surface area contributed by atoms with Crippen LogP contribution < -0.4 is 11.1 Å². The molecule has 0 radical (unpaired) electrons. The molecular weight excluding hydrogens is 414 g/mol. The normalized spacial score (nSPS) is 16.5. The van der Waals surface area contributed by atoms with E-state index in [1.54, 1.807) is 0 Å². The van der Waals surface area contributed by atoms with Gasteiger partial charge in [0.15, 0.2) is 0 Å². The molecule has 22 heavy (non-hydrogen) atoms. The van der Waals surface area contributed by atoms with Crippen molar-refractivity contribution in [2.24, 2.45) is 11.7 Å². The predicted octanol–water partition coefficient (Wildman–Crippen LogP) is 2.66. The first-order chi connectivity index (χ1) is 10.4. The number of anilines is 1. The fourth-order valence-electron chi connectivity index (χ4n) is 2.58. The van der Waals surface area contributed by atoms with Crippen molar-refractivity contribution in [1.29, 1.82) is 0 Å². The Morgan fingerprint density at radius 2 is 1.82 bits per heavy atom. The number of nitrogens with two attached hydrogens (primary N) is 1. The second-order valence-corrected chi connectivity index (χ2v) is 7.31. The molecule has 7 heteroatoms. The van der Waals surface area contributed by atoms with Gasteiger partial charge in [-0.1, -0.05) is 0 Å². The van der Waals surface area contributed by atoms with Crippen molar-refractivity contribution in [3.05, 3.63) is 26.6 Å². The molecule has 0 atom stereocenters. The molecule has 0 aliphatic carbocycles. The highest BCUT2D eigenvalue weighted by molar-refractivity contribution is 9.11. The van der Waals surface area contributed by atoms with Gasteiger partial charge in [-0.05, 0) is 82.4 Å². The second kappa shape index (κ2) is 7.57. The zero-order valence-corrected chi connectivity index (χ0v) is 15.5. The Morgan fingerprint density at radius 3 is 2.32 bits per heavy atom. The van der Waals surface area contributed by atoms with Crippen LogP contribution in [-0.2, 0) is 9.59 Å². The van der Waals surface area contributed by atoms with Crippen molar-refractivity contribution >= 4 is 49.4 Å². The Hall–Kier alpha value is -0.920. The number of rotatable bonds is 4. The molecule has 0 spiro atoms. The van der Waals surface area contributed by atoms with Crippen LogP contribution in [0.3, 0.4) is 0 Å². The number of nitrogens with one attached hydrogen (secondary N) is 1. The number of piperidine rings is 1. The van der Waals surface area contributed by atoms with E-state index in [1.807, 2.05) is 24.0 Å². The summed E-state index contributed by atoms with van der Waals surface area (Å²) >= 11 is 6.93. The van der Waals surface area contributed by atoms with Gasteiger partial charge in [-0.15, -0.1) is 0 Å². The van der Waals surface area contributed by atoms with Gasteiger partial charge in [-0.2, -0.15) is 0 Å². The summed E-state index contributed by atoms with van der Waals surface area (Å²) in [6.07, 6.45) is 1.45. The number of nitrogens with zero attached hydrogens (tertiary/aromatic N) is 1. The predicted molar refractivity (Wildman–Crippen MR) is 93.6 cm³/mol. The van der Waals surface area contributed by atoms with Crippen LogP contribution in [0.25, 0.3) is 0 Å². The molecule has 1 heterocycles. The fourth-order valence-corrected chi connectivity index (χ4v) is 4.19. The summed E-state index contributed by atoms with van der Waals surface area (Å²) in [7, 11) is 0. The molecule has 0 bridgehead atoms. The van der Waals surface area contributed by atoms with E-state index in [-0.39, 0.29) is 17.7 Å². The first-order valence-corrected chi connectivity index (χ1v) is 8.72. The van der Waals surface area contributed by atoms with Crippen LogP contribution in [0, 0.1) is 12.8 Å². The molecule has 1 aromatic carbocycles. The summed E-state index contributed by atoms with van der Waals surface area (Å²) in [5.74, 6) is -0.362. The molecule has 1 saturated heterocycles. The highest BCUT2D eigenvalue weighted by Gasteiger charge is 2.24. The summed E-state index contributed by atoms with van der Waals surface area (Å²) in [4.78, 5) is 25.4. The van der Waals surface area contributed by atoms with Gasteiger partial charge >= 0.3 is 0 Å². The molecular formula is C15H19Br2N3O2. The number of benzene rings is 1. The lowest BCUT2D eigenvalue weighted by Gasteiger charge is -2.29. The lowest BCUT2D eigenvalue weighted by molar-refractivity contribution is -0.123. The maximum atomic E-state index is 12.2.